The molecule has 0 aliphatic carbocycles. The molecule has 0 unspecified atom stereocenters. The number of aryl methyl sites for hydroxylation is 3. The van der Waals surface area contributed by atoms with E-state index in [2.05, 4.69) is 28.8 Å². The number of carbonyl (C=O) groups is 1. The highest BCUT2D eigenvalue weighted by Crippen LogP contribution is 2.43. The van der Waals surface area contributed by atoms with Gasteiger partial charge in [-0.1, -0.05) is 13.8 Å². The predicted molar refractivity (Wildman–Crippen MR) is 156 cm³/mol. The maximum absolute atomic E-state index is 12.6. The molecule has 3 aromatic heterocycles. The maximum atomic E-state index is 12.6. The molecule has 0 spiro atoms. The molecule has 1 fully saturated rings. The molecule has 1 N–H and O–H groups in total. The Morgan fingerprint density at radius 3 is 2.35 bits per heavy atom. The molecular formula is C31H43N5O4. The summed E-state index contributed by atoms with van der Waals surface area (Å²) in [7, 11) is 0. The number of aliphatic carboxylic acids is 1. The van der Waals surface area contributed by atoms with Crippen molar-refractivity contribution in [3.63, 3.8) is 0 Å². The first-order valence-electron chi connectivity index (χ1n) is 14.0. The fourth-order valence-electron chi connectivity index (χ4n) is 5.15. The Hall–Kier alpha value is -3.46. The van der Waals surface area contributed by atoms with Crippen molar-refractivity contribution in [2.75, 3.05) is 24.6 Å². The maximum Gasteiger partial charge on any atom is 0.337 e. The minimum atomic E-state index is -1.16. The zero-order valence-corrected chi connectivity index (χ0v) is 25.1. The smallest absolute Gasteiger partial charge is 0.337 e. The van der Waals surface area contributed by atoms with E-state index in [0.29, 0.717) is 35.9 Å². The number of piperidine rings is 1. The van der Waals surface area contributed by atoms with Crippen LogP contribution in [-0.2, 0) is 16.1 Å². The number of hydrogen-bond acceptors (Lipinski definition) is 7. The summed E-state index contributed by atoms with van der Waals surface area (Å²) in [5.74, 6) is -0.374. The van der Waals surface area contributed by atoms with Gasteiger partial charge in [0.25, 0.3) is 0 Å². The molecule has 0 radical (unpaired) electrons. The number of ether oxygens (including phenoxy) is 2. The van der Waals surface area contributed by atoms with Crippen LogP contribution in [-0.4, -0.2) is 56.1 Å². The fraction of sp³-hybridized carbons (Fsp3) is 0.548. The summed E-state index contributed by atoms with van der Waals surface area (Å²) in [6, 6.07) is 5.85. The van der Waals surface area contributed by atoms with E-state index in [0.717, 1.165) is 48.6 Å². The minimum Gasteiger partial charge on any atom is -0.490 e. The standard InChI is InChI=1S/C31H43N5O4/c1-20-17-21(2)36(34-20)15-16-39-23-9-10-25(33-18-23)24-19-32-22(3)26(28(29(37)38)40-30(4,5)6)27(24)35-13-11-31(7,8)12-14-35/h9-10,17-19,28H,11-16H2,1-8H3,(H,37,38)/t28-/m0/s1. The number of hydrogen-bond donors (Lipinski definition) is 1. The lowest BCUT2D eigenvalue weighted by Gasteiger charge is -2.40. The summed E-state index contributed by atoms with van der Waals surface area (Å²) in [6.07, 6.45) is 4.35. The number of rotatable bonds is 9. The normalized spacial score (nSPS) is 16.1. The summed E-state index contributed by atoms with van der Waals surface area (Å²) in [5, 5.41) is 14.8. The van der Waals surface area contributed by atoms with Crippen LogP contribution in [0.4, 0.5) is 5.69 Å². The minimum absolute atomic E-state index is 0.234. The van der Waals surface area contributed by atoms with Crippen LogP contribution in [0, 0.1) is 26.2 Å². The van der Waals surface area contributed by atoms with Crippen molar-refractivity contribution >= 4 is 11.7 Å². The molecule has 1 aliphatic heterocycles. The highest BCUT2D eigenvalue weighted by Gasteiger charge is 2.36. The fourth-order valence-corrected chi connectivity index (χ4v) is 5.15. The van der Waals surface area contributed by atoms with Crippen LogP contribution in [0.15, 0.2) is 30.6 Å². The second kappa shape index (κ2) is 11.6. The SMILES string of the molecule is Cc1cc(C)n(CCOc2ccc(-c3cnc(C)c([C@H](OC(C)(C)C)C(=O)O)c3N3CCC(C)(C)CC3)nc2)n1. The van der Waals surface area contributed by atoms with Gasteiger partial charge in [-0.3, -0.25) is 14.6 Å². The zero-order chi connectivity index (χ0) is 29.2. The number of carboxylic acids is 1. The lowest BCUT2D eigenvalue weighted by molar-refractivity contribution is -0.160. The number of anilines is 1. The molecule has 9 heteroatoms. The van der Waals surface area contributed by atoms with E-state index >= 15 is 0 Å². The largest absolute Gasteiger partial charge is 0.490 e. The molecule has 40 heavy (non-hydrogen) atoms. The van der Waals surface area contributed by atoms with Gasteiger partial charge in [0.15, 0.2) is 6.10 Å². The quantitative estimate of drug-likeness (QED) is 0.351. The van der Waals surface area contributed by atoms with E-state index in [1.54, 1.807) is 12.4 Å². The lowest BCUT2D eigenvalue weighted by atomic mass is 9.82. The average molecular weight is 550 g/mol. The van der Waals surface area contributed by atoms with Gasteiger partial charge >= 0.3 is 5.97 Å². The monoisotopic (exact) mass is 549 g/mol. The Balaban J connectivity index is 1.68. The molecule has 0 bridgehead atoms. The predicted octanol–water partition coefficient (Wildman–Crippen LogP) is 5.91. The van der Waals surface area contributed by atoms with E-state index in [1.807, 2.05) is 64.4 Å². The summed E-state index contributed by atoms with van der Waals surface area (Å²) in [4.78, 5) is 24.2. The third kappa shape index (κ3) is 6.99. The van der Waals surface area contributed by atoms with E-state index < -0.39 is 17.7 Å². The van der Waals surface area contributed by atoms with Crippen LogP contribution in [0.2, 0.25) is 0 Å². The van der Waals surface area contributed by atoms with Crippen LogP contribution in [0.3, 0.4) is 0 Å². The molecular weight excluding hydrogens is 506 g/mol. The van der Waals surface area contributed by atoms with Crippen LogP contribution in [0.1, 0.15) is 76.2 Å². The first kappa shape index (κ1) is 29.5. The Morgan fingerprint density at radius 2 is 1.80 bits per heavy atom. The number of aromatic nitrogens is 4. The third-order valence-electron chi connectivity index (χ3n) is 7.37. The molecule has 3 aromatic rings. The van der Waals surface area contributed by atoms with Crippen LogP contribution < -0.4 is 9.64 Å². The molecule has 1 atom stereocenters. The van der Waals surface area contributed by atoms with Gasteiger partial charge in [0.2, 0.25) is 0 Å². The Bertz CT molecular complexity index is 1330. The molecule has 0 amide bonds. The molecule has 216 valence electrons. The first-order valence-corrected chi connectivity index (χ1v) is 14.0. The second-order valence-electron chi connectivity index (χ2n) is 12.5. The topological polar surface area (TPSA) is 103 Å². The second-order valence-corrected chi connectivity index (χ2v) is 12.5. The third-order valence-corrected chi connectivity index (χ3v) is 7.37. The van der Waals surface area contributed by atoms with Crippen molar-refractivity contribution < 1.29 is 19.4 Å². The van der Waals surface area contributed by atoms with Gasteiger partial charge in [-0.15, -0.1) is 0 Å². The lowest BCUT2D eigenvalue weighted by Crippen LogP contribution is -2.39. The van der Waals surface area contributed by atoms with Crippen molar-refractivity contribution in [3.8, 4) is 17.0 Å². The first-order chi connectivity index (χ1) is 18.7. The molecule has 1 aliphatic rings. The molecule has 9 nitrogen and oxygen atoms in total. The van der Waals surface area contributed by atoms with Crippen molar-refractivity contribution in [2.45, 2.75) is 86.5 Å². The average Bonchev–Trinajstić information content (AvgIpc) is 3.19. The number of carboxylic acid groups (broad SMARTS) is 1. The van der Waals surface area contributed by atoms with Crippen molar-refractivity contribution in [1.82, 2.24) is 19.7 Å². The van der Waals surface area contributed by atoms with E-state index in [4.69, 9.17) is 14.5 Å². The Labute approximate surface area is 237 Å². The van der Waals surface area contributed by atoms with Crippen LogP contribution in [0.5, 0.6) is 5.75 Å². The molecule has 1 saturated heterocycles. The van der Waals surface area contributed by atoms with Crippen molar-refractivity contribution in [3.05, 3.63) is 53.2 Å². The molecule has 4 heterocycles. The van der Waals surface area contributed by atoms with Gasteiger partial charge in [-0.2, -0.15) is 5.10 Å². The summed E-state index contributed by atoms with van der Waals surface area (Å²) >= 11 is 0. The zero-order valence-electron chi connectivity index (χ0n) is 25.1. The number of pyridine rings is 2. The van der Waals surface area contributed by atoms with Gasteiger partial charge in [0, 0.05) is 41.8 Å². The van der Waals surface area contributed by atoms with E-state index in [-0.39, 0.29) is 5.41 Å². The Kier molecular flexibility index (Phi) is 8.54. The highest BCUT2D eigenvalue weighted by molar-refractivity contribution is 5.85. The van der Waals surface area contributed by atoms with E-state index in [1.165, 1.54) is 0 Å². The summed E-state index contributed by atoms with van der Waals surface area (Å²) < 4.78 is 14.0. The van der Waals surface area contributed by atoms with Gasteiger partial charge in [-0.05, 0) is 78.0 Å². The van der Waals surface area contributed by atoms with Gasteiger partial charge < -0.3 is 19.5 Å². The summed E-state index contributed by atoms with van der Waals surface area (Å²) in [5.41, 5.74) is 5.23. The van der Waals surface area contributed by atoms with E-state index in [9.17, 15) is 9.90 Å². The van der Waals surface area contributed by atoms with Gasteiger partial charge in [-0.25, -0.2) is 4.79 Å². The van der Waals surface area contributed by atoms with Gasteiger partial charge in [0.1, 0.15) is 12.4 Å². The van der Waals surface area contributed by atoms with Crippen LogP contribution in [0.25, 0.3) is 11.3 Å². The van der Waals surface area contributed by atoms with Crippen molar-refractivity contribution in [2.24, 2.45) is 5.41 Å². The number of nitrogens with zero attached hydrogens (tertiary/aromatic N) is 5. The Morgan fingerprint density at radius 1 is 1.10 bits per heavy atom. The molecule has 0 saturated carbocycles. The highest BCUT2D eigenvalue weighted by atomic mass is 16.5. The van der Waals surface area contributed by atoms with Crippen LogP contribution >= 0.6 is 0 Å². The van der Waals surface area contributed by atoms with Gasteiger partial charge in [0.05, 0.1) is 35.4 Å². The molecule has 4 rings (SSSR count). The summed E-state index contributed by atoms with van der Waals surface area (Å²) in [6.45, 7) is 18.8. The molecule has 0 aromatic carbocycles. The van der Waals surface area contributed by atoms with Crippen molar-refractivity contribution in [1.29, 1.82) is 0 Å².